The van der Waals surface area contributed by atoms with E-state index < -0.39 is 0 Å². The lowest BCUT2D eigenvalue weighted by molar-refractivity contribution is 0.660. The van der Waals surface area contributed by atoms with E-state index in [4.69, 9.17) is 0 Å². The first kappa shape index (κ1) is 30.9. The van der Waals surface area contributed by atoms with E-state index in [1.54, 1.807) is 0 Å². The maximum Gasteiger partial charge on any atom is 0.0543 e. The van der Waals surface area contributed by atoms with Crippen LogP contribution in [-0.4, -0.2) is 0 Å². The highest BCUT2D eigenvalue weighted by Crippen LogP contribution is 2.54. The molecule has 250 valence electrons. The van der Waals surface area contributed by atoms with Crippen LogP contribution in [0.4, 0.5) is 17.1 Å². The van der Waals surface area contributed by atoms with Gasteiger partial charge in [-0.15, -0.1) is 0 Å². The Kier molecular flexibility index (Phi) is 7.18. The van der Waals surface area contributed by atoms with Crippen LogP contribution in [0.5, 0.6) is 0 Å². The van der Waals surface area contributed by atoms with Gasteiger partial charge in [0.1, 0.15) is 0 Å². The molecule has 0 fully saturated rings. The lowest BCUT2D eigenvalue weighted by atomic mass is 9.80. The van der Waals surface area contributed by atoms with Crippen LogP contribution < -0.4 is 4.90 Å². The van der Waals surface area contributed by atoms with Crippen molar-refractivity contribution in [1.29, 1.82) is 0 Å². The van der Waals surface area contributed by atoms with Crippen molar-refractivity contribution < 1.29 is 0 Å². The molecule has 0 bridgehead atoms. The summed E-state index contributed by atoms with van der Waals surface area (Å²) in [6.07, 6.45) is 4.80. The second-order valence-corrected chi connectivity index (χ2v) is 15.1. The molecule has 0 spiro atoms. The van der Waals surface area contributed by atoms with Gasteiger partial charge in [0.05, 0.1) is 5.69 Å². The fourth-order valence-corrected chi connectivity index (χ4v) is 9.26. The second-order valence-electron chi connectivity index (χ2n) is 15.1. The number of para-hydroxylation sites is 1. The molecule has 0 unspecified atom stereocenters. The van der Waals surface area contributed by atoms with Gasteiger partial charge in [0.25, 0.3) is 0 Å². The summed E-state index contributed by atoms with van der Waals surface area (Å²) in [7, 11) is 0. The Labute approximate surface area is 306 Å². The van der Waals surface area contributed by atoms with Gasteiger partial charge in [0.2, 0.25) is 0 Å². The molecule has 52 heavy (non-hydrogen) atoms. The molecule has 2 aliphatic carbocycles. The molecule has 0 aromatic heterocycles. The average Bonchev–Trinajstić information content (AvgIpc) is 3.43. The summed E-state index contributed by atoms with van der Waals surface area (Å²) < 4.78 is 0. The van der Waals surface area contributed by atoms with E-state index in [2.05, 4.69) is 183 Å². The minimum atomic E-state index is -0.112. The van der Waals surface area contributed by atoms with Crippen molar-refractivity contribution in [2.75, 3.05) is 4.90 Å². The Bertz CT molecular complexity index is 2650. The first-order valence-electron chi connectivity index (χ1n) is 18.8. The molecule has 2 aliphatic rings. The number of fused-ring (bicyclic) bond motifs is 7. The predicted octanol–water partition coefficient (Wildman–Crippen LogP) is 14.0. The van der Waals surface area contributed by atoms with Crippen molar-refractivity contribution in [1.82, 2.24) is 0 Å². The van der Waals surface area contributed by atoms with E-state index in [-0.39, 0.29) is 5.41 Å². The lowest BCUT2D eigenvalue weighted by Gasteiger charge is -2.31. The molecule has 0 amide bonds. The predicted molar refractivity (Wildman–Crippen MR) is 221 cm³/mol. The third kappa shape index (κ3) is 4.83. The van der Waals surface area contributed by atoms with Gasteiger partial charge in [-0.1, -0.05) is 135 Å². The third-order valence-corrected chi connectivity index (χ3v) is 11.8. The highest BCUT2D eigenvalue weighted by atomic mass is 15.1. The molecule has 0 saturated heterocycles. The molecule has 8 aromatic carbocycles. The third-order valence-electron chi connectivity index (χ3n) is 11.8. The zero-order chi connectivity index (χ0) is 34.8. The van der Waals surface area contributed by atoms with Crippen LogP contribution in [0.15, 0.2) is 164 Å². The zero-order valence-electron chi connectivity index (χ0n) is 29.9. The van der Waals surface area contributed by atoms with Crippen molar-refractivity contribution >= 4 is 38.6 Å². The quantitative estimate of drug-likeness (QED) is 0.165. The Morgan fingerprint density at radius 1 is 0.442 bits per heavy atom. The monoisotopic (exact) mass is 667 g/mol. The summed E-state index contributed by atoms with van der Waals surface area (Å²) in [6.45, 7) is 4.78. The summed E-state index contributed by atoms with van der Waals surface area (Å²) in [5.41, 5.74) is 17.1. The standard InChI is InChI=1S/C51H41N/c1-51(2)48-26-13-12-24-44(48)46-32-47(42-25-14-17-34-15-6-8-20-39(34)42)50(33-49(46)51)52(37-18-4-3-5-19-37)38-29-27-35(28-30-38)45-31-36-16-7-9-21-40(36)41-22-10-11-23-43(41)45/h3-5,7,9-14,16-19,21-33H,6,8,15,20H2,1-2H3. The maximum absolute atomic E-state index is 2.52. The van der Waals surface area contributed by atoms with E-state index >= 15 is 0 Å². The SMILES string of the molecule is CC1(C)c2ccccc2-c2cc(-c3cccc4c3CCCC4)c(N(c3ccccc3)c3ccc(-c4cc5ccccc5c5ccccc45)cc3)cc21. The second kappa shape index (κ2) is 12.1. The number of hydrogen-bond acceptors (Lipinski definition) is 1. The number of benzene rings is 8. The fourth-order valence-electron chi connectivity index (χ4n) is 9.26. The van der Waals surface area contributed by atoms with Crippen LogP contribution in [0.3, 0.4) is 0 Å². The van der Waals surface area contributed by atoms with Crippen molar-refractivity contribution in [2.45, 2.75) is 44.9 Å². The Morgan fingerprint density at radius 2 is 1.12 bits per heavy atom. The van der Waals surface area contributed by atoms with Gasteiger partial charge in [-0.3, -0.25) is 0 Å². The summed E-state index contributed by atoms with van der Waals surface area (Å²) in [6, 6.07) is 61.2. The Balaban J connectivity index is 1.20. The van der Waals surface area contributed by atoms with Gasteiger partial charge in [-0.25, -0.2) is 0 Å². The minimum absolute atomic E-state index is 0.112. The molecular formula is C51H41N. The van der Waals surface area contributed by atoms with Crippen LogP contribution in [0.25, 0.3) is 54.9 Å². The van der Waals surface area contributed by atoms with Crippen LogP contribution in [-0.2, 0) is 18.3 Å². The van der Waals surface area contributed by atoms with E-state index in [9.17, 15) is 0 Å². The van der Waals surface area contributed by atoms with Gasteiger partial charge in [-0.05, 0) is 140 Å². The van der Waals surface area contributed by atoms with Crippen LogP contribution >= 0.6 is 0 Å². The Morgan fingerprint density at radius 3 is 1.96 bits per heavy atom. The highest BCUT2D eigenvalue weighted by Gasteiger charge is 2.37. The van der Waals surface area contributed by atoms with Gasteiger partial charge < -0.3 is 4.90 Å². The molecule has 10 rings (SSSR count). The summed E-state index contributed by atoms with van der Waals surface area (Å²) in [4.78, 5) is 2.50. The molecule has 1 heteroatoms. The molecule has 0 heterocycles. The molecule has 0 saturated carbocycles. The van der Waals surface area contributed by atoms with Crippen molar-refractivity contribution in [3.63, 3.8) is 0 Å². The molecule has 0 radical (unpaired) electrons. The highest BCUT2D eigenvalue weighted by molar-refractivity contribution is 6.13. The summed E-state index contributed by atoms with van der Waals surface area (Å²) >= 11 is 0. The fraction of sp³-hybridized carbons (Fsp3) is 0.137. The first-order valence-corrected chi connectivity index (χ1v) is 18.8. The summed E-state index contributed by atoms with van der Waals surface area (Å²) in [5.74, 6) is 0. The molecule has 0 atom stereocenters. The van der Waals surface area contributed by atoms with Crippen molar-refractivity contribution in [3.8, 4) is 33.4 Å². The van der Waals surface area contributed by atoms with E-state index in [1.165, 1.54) is 95.7 Å². The van der Waals surface area contributed by atoms with Crippen LogP contribution in [0, 0.1) is 0 Å². The number of hydrogen-bond donors (Lipinski definition) is 0. The van der Waals surface area contributed by atoms with Crippen molar-refractivity contribution in [2.24, 2.45) is 0 Å². The molecule has 8 aromatic rings. The van der Waals surface area contributed by atoms with Gasteiger partial charge in [0.15, 0.2) is 0 Å². The molecule has 1 nitrogen and oxygen atoms in total. The van der Waals surface area contributed by atoms with E-state index in [1.807, 2.05) is 0 Å². The smallest absolute Gasteiger partial charge is 0.0543 e. The van der Waals surface area contributed by atoms with Gasteiger partial charge in [0, 0.05) is 22.4 Å². The minimum Gasteiger partial charge on any atom is -0.310 e. The topological polar surface area (TPSA) is 3.24 Å². The average molecular weight is 668 g/mol. The first-order chi connectivity index (χ1) is 25.6. The van der Waals surface area contributed by atoms with E-state index in [0.29, 0.717) is 0 Å². The Hall–Kier alpha value is -5.92. The molecule has 0 aliphatic heterocycles. The molecule has 0 N–H and O–H groups in total. The largest absolute Gasteiger partial charge is 0.310 e. The summed E-state index contributed by atoms with van der Waals surface area (Å²) in [5, 5.41) is 5.14. The van der Waals surface area contributed by atoms with Gasteiger partial charge in [-0.2, -0.15) is 0 Å². The van der Waals surface area contributed by atoms with E-state index in [0.717, 1.165) is 24.2 Å². The van der Waals surface area contributed by atoms with Crippen LogP contribution in [0.1, 0.15) is 48.9 Å². The number of anilines is 3. The molecular weight excluding hydrogens is 627 g/mol. The number of nitrogens with zero attached hydrogens (tertiary/aromatic N) is 1. The maximum atomic E-state index is 2.52. The van der Waals surface area contributed by atoms with Crippen molar-refractivity contribution in [3.05, 3.63) is 186 Å². The van der Waals surface area contributed by atoms with Gasteiger partial charge >= 0.3 is 0 Å². The normalized spacial score (nSPS) is 14.2. The lowest BCUT2D eigenvalue weighted by Crippen LogP contribution is -2.17. The zero-order valence-corrected chi connectivity index (χ0v) is 29.9. The number of aryl methyl sites for hydroxylation is 1. The van der Waals surface area contributed by atoms with Crippen LogP contribution in [0.2, 0.25) is 0 Å². The number of rotatable bonds is 5.